The molecule has 3 rings (SSSR count). The number of H-pyrrole nitrogens is 1. The second-order valence-electron chi connectivity index (χ2n) is 4.72. The van der Waals surface area contributed by atoms with Crippen molar-refractivity contribution in [3.8, 4) is 17.0 Å². The van der Waals surface area contributed by atoms with Crippen molar-refractivity contribution in [3.63, 3.8) is 0 Å². The van der Waals surface area contributed by atoms with Gasteiger partial charge in [-0.15, -0.1) is 0 Å². The predicted molar refractivity (Wildman–Crippen MR) is 84.3 cm³/mol. The van der Waals surface area contributed by atoms with Gasteiger partial charge in [0.25, 0.3) is 0 Å². The third kappa shape index (κ3) is 3.23. The Kier molecular flexibility index (Phi) is 3.87. The predicted octanol–water partition coefficient (Wildman–Crippen LogP) is 3.70. The summed E-state index contributed by atoms with van der Waals surface area (Å²) >= 11 is 0. The molecule has 0 aliphatic rings. The Morgan fingerprint density at radius 2 is 1.81 bits per heavy atom. The Balaban J connectivity index is 1.66. The summed E-state index contributed by atoms with van der Waals surface area (Å²) in [5.41, 5.74) is 3.22. The van der Waals surface area contributed by atoms with E-state index in [0.29, 0.717) is 6.61 Å². The molecule has 0 spiro atoms. The first kappa shape index (κ1) is 13.2. The molecule has 2 aromatic carbocycles. The van der Waals surface area contributed by atoms with E-state index in [0.717, 1.165) is 28.4 Å². The number of anilines is 1. The summed E-state index contributed by atoms with van der Waals surface area (Å²) in [6, 6.07) is 20.1. The van der Waals surface area contributed by atoms with E-state index in [-0.39, 0.29) is 0 Å². The van der Waals surface area contributed by atoms with Gasteiger partial charge in [0.1, 0.15) is 18.2 Å². The number of rotatable bonds is 5. The molecule has 0 bridgehead atoms. The van der Waals surface area contributed by atoms with Crippen molar-refractivity contribution in [1.29, 1.82) is 0 Å². The maximum Gasteiger partial charge on any atom is 0.148 e. The van der Waals surface area contributed by atoms with Crippen LogP contribution in [0.15, 0.2) is 60.7 Å². The zero-order chi connectivity index (χ0) is 14.5. The molecule has 4 heteroatoms. The Hall–Kier alpha value is -2.75. The first-order valence-electron chi connectivity index (χ1n) is 6.85. The lowest BCUT2D eigenvalue weighted by Gasteiger charge is -2.06. The first-order valence-corrected chi connectivity index (χ1v) is 6.85. The monoisotopic (exact) mass is 279 g/mol. The van der Waals surface area contributed by atoms with E-state index in [2.05, 4.69) is 27.6 Å². The zero-order valence-electron chi connectivity index (χ0n) is 11.8. The van der Waals surface area contributed by atoms with Gasteiger partial charge in [-0.25, -0.2) is 0 Å². The Morgan fingerprint density at radius 1 is 1.05 bits per heavy atom. The van der Waals surface area contributed by atoms with E-state index >= 15 is 0 Å². The van der Waals surface area contributed by atoms with E-state index in [4.69, 9.17) is 4.74 Å². The fourth-order valence-corrected chi connectivity index (χ4v) is 2.07. The highest BCUT2D eigenvalue weighted by atomic mass is 16.5. The van der Waals surface area contributed by atoms with Gasteiger partial charge in [0, 0.05) is 13.1 Å². The van der Waals surface area contributed by atoms with Crippen molar-refractivity contribution >= 4 is 5.82 Å². The molecule has 0 unspecified atom stereocenters. The van der Waals surface area contributed by atoms with E-state index in [1.165, 1.54) is 0 Å². The highest BCUT2D eigenvalue weighted by Gasteiger charge is 2.03. The van der Waals surface area contributed by atoms with Crippen molar-refractivity contribution in [2.45, 2.75) is 6.61 Å². The third-order valence-corrected chi connectivity index (χ3v) is 3.25. The quantitative estimate of drug-likeness (QED) is 0.748. The number of aromatic nitrogens is 2. The molecular formula is C17H17N3O. The van der Waals surface area contributed by atoms with Crippen LogP contribution >= 0.6 is 0 Å². The van der Waals surface area contributed by atoms with Gasteiger partial charge in [0.15, 0.2) is 0 Å². The molecule has 0 saturated carbocycles. The lowest BCUT2D eigenvalue weighted by molar-refractivity contribution is 0.306. The number of nitrogens with zero attached hydrogens (tertiary/aromatic N) is 1. The van der Waals surface area contributed by atoms with Gasteiger partial charge in [-0.1, -0.05) is 30.3 Å². The van der Waals surface area contributed by atoms with E-state index in [9.17, 15) is 0 Å². The molecule has 21 heavy (non-hydrogen) atoms. The summed E-state index contributed by atoms with van der Waals surface area (Å²) < 4.78 is 5.77. The molecule has 1 aromatic heterocycles. The van der Waals surface area contributed by atoms with Crippen LogP contribution in [0.25, 0.3) is 11.3 Å². The number of aromatic amines is 1. The standard InChI is InChI=1S/C17H17N3O/c1-18-17-11-16(19-20-17)14-7-9-15(10-8-14)21-12-13-5-3-2-4-6-13/h2-11H,12H2,1H3,(H2,18,19,20). The van der Waals surface area contributed by atoms with Gasteiger partial charge in [0.05, 0.1) is 5.69 Å². The summed E-state index contributed by atoms with van der Waals surface area (Å²) in [6.45, 7) is 0.578. The maximum absolute atomic E-state index is 5.77. The molecule has 0 amide bonds. The zero-order valence-corrected chi connectivity index (χ0v) is 11.8. The summed E-state index contributed by atoms with van der Waals surface area (Å²) in [5, 5.41) is 10.1. The Labute approximate surface area is 123 Å². The number of hydrogen-bond acceptors (Lipinski definition) is 3. The summed E-state index contributed by atoms with van der Waals surface area (Å²) in [4.78, 5) is 0. The molecule has 0 aliphatic carbocycles. The van der Waals surface area contributed by atoms with E-state index in [1.807, 2.05) is 55.6 Å². The van der Waals surface area contributed by atoms with Crippen molar-refractivity contribution in [2.75, 3.05) is 12.4 Å². The van der Waals surface area contributed by atoms with Crippen LogP contribution < -0.4 is 10.1 Å². The smallest absolute Gasteiger partial charge is 0.148 e. The average Bonchev–Trinajstić information content (AvgIpc) is 3.03. The van der Waals surface area contributed by atoms with Crippen LogP contribution in [0.4, 0.5) is 5.82 Å². The van der Waals surface area contributed by atoms with Crippen LogP contribution in [0.2, 0.25) is 0 Å². The molecule has 2 N–H and O–H groups in total. The van der Waals surface area contributed by atoms with Gasteiger partial charge in [-0.2, -0.15) is 5.10 Å². The second kappa shape index (κ2) is 6.13. The molecule has 0 fully saturated rings. The van der Waals surface area contributed by atoms with Crippen LogP contribution in [0.3, 0.4) is 0 Å². The average molecular weight is 279 g/mol. The summed E-state index contributed by atoms with van der Waals surface area (Å²) in [6.07, 6.45) is 0. The highest BCUT2D eigenvalue weighted by Crippen LogP contribution is 2.22. The van der Waals surface area contributed by atoms with Crippen LogP contribution in [0.1, 0.15) is 5.56 Å². The van der Waals surface area contributed by atoms with Crippen LogP contribution in [-0.2, 0) is 6.61 Å². The number of ether oxygens (including phenoxy) is 1. The van der Waals surface area contributed by atoms with E-state index < -0.39 is 0 Å². The molecule has 0 atom stereocenters. The van der Waals surface area contributed by atoms with Gasteiger partial charge in [0.2, 0.25) is 0 Å². The minimum Gasteiger partial charge on any atom is -0.489 e. The third-order valence-electron chi connectivity index (χ3n) is 3.25. The van der Waals surface area contributed by atoms with Gasteiger partial charge >= 0.3 is 0 Å². The van der Waals surface area contributed by atoms with Crippen LogP contribution in [0.5, 0.6) is 5.75 Å². The molecule has 0 saturated heterocycles. The van der Waals surface area contributed by atoms with Crippen molar-refractivity contribution < 1.29 is 4.74 Å². The normalized spacial score (nSPS) is 10.3. The topological polar surface area (TPSA) is 49.9 Å². The van der Waals surface area contributed by atoms with E-state index in [1.54, 1.807) is 0 Å². The van der Waals surface area contributed by atoms with Crippen molar-refractivity contribution in [3.05, 3.63) is 66.2 Å². The molecule has 3 aromatic rings. The molecule has 4 nitrogen and oxygen atoms in total. The fraction of sp³-hybridized carbons (Fsp3) is 0.118. The largest absolute Gasteiger partial charge is 0.489 e. The van der Waals surface area contributed by atoms with Gasteiger partial charge in [-0.05, 0) is 35.4 Å². The van der Waals surface area contributed by atoms with Gasteiger partial charge in [-0.3, -0.25) is 5.10 Å². The molecule has 1 heterocycles. The number of benzene rings is 2. The number of hydrogen-bond donors (Lipinski definition) is 2. The van der Waals surface area contributed by atoms with Gasteiger partial charge < -0.3 is 10.1 Å². The van der Waals surface area contributed by atoms with Crippen molar-refractivity contribution in [2.24, 2.45) is 0 Å². The lowest BCUT2D eigenvalue weighted by Crippen LogP contribution is -1.94. The molecule has 0 radical (unpaired) electrons. The minimum atomic E-state index is 0.578. The van der Waals surface area contributed by atoms with Crippen LogP contribution in [-0.4, -0.2) is 17.2 Å². The Bertz CT molecular complexity index is 690. The Morgan fingerprint density at radius 3 is 2.48 bits per heavy atom. The summed E-state index contributed by atoms with van der Waals surface area (Å²) in [7, 11) is 1.85. The SMILES string of the molecule is CNc1cc(-c2ccc(OCc3ccccc3)cc2)[nH]n1. The highest BCUT2D eigenvalue weighted by molar-refractivity contribution is 5.63. The second-order valence-corrected chi connectivity index (χ2v) is 4.72. The van der Waals surface area contributed by atoms with Crippen LogP contribution in [0, 0.1) is 0 Å². The fourth-order valence-electron chi connectivity index (χ4n) is 2.07. The lowest BCUT2D eigenvalue weighted by atomic mass is 10.1. The molecule has 0 aliphatic heterocycles. The summed E-state index contributed by atoms with van der Waals surface area (Å²) in [5.74, 6) is 1.69. The maximum atomic E-state index is 5.77. The minimum absolute atomic E-state index is 0.578. The number of nitrogens with one attached hydrogen (secondary N) is 2. The first-order chi connectivity index (χ1) is 10.3. The molecule has 106 valence electrons. The molecular weight excluding hydrogens is 262 g/mol. The van der Waals surface area contributed by atoms with Crippen molar-refractivity contribution in [1.82, 2.24) is 10.2 Å².